The van der Waals surface area contributed by atoms with Gasteiger partial charge in [0, 0.05) is 16.9 Å². The molecule has 1 atom stereocenters. The molecule has 1 aromatic heterocycles. The van der Waals surface area contributed by atoms with Crippen molar-refractivity contribution < 1.29 is 13.9 Å². The fourth-order valence-electron chi connectivity index (χ4n) is 2.85. The maximum atomic E-state index is 12.6. The number of nitrogens with zero attached hydrogens (tertiary/aromatic N) is 1. The van der Waals surface area contributed by atoms with E-state index in [1.54, 1.807) is 6.26 Å². The predicted molar refractivity (Wildman–Crippen MR) is 95.9 cm³/mol. The van der Waals surface area contributed by atoms with Crippen molar-refractivity contribution in [3.63, 3.8) is 0 Å². The SMILES string of the molecule is CC(c1ccco1)N(C(=O)CCCOc1cccc(Br)c1)C1CC1. The summed E-state index contributed by atoms with van der Waals surface area (Å²) in [5.74, 6) is 1.85. The van der Waals surface area contributed by atoms with Gasteiger partial charge < -0.3 is 14.1 Å². The Balaban J connectivity index is 1.49. The van der Waals surface area contributed by atoms with Crippen molar-refractivity contribution in [2.24, 2.45) is 0 Å². The molecule has 0 saturated heterocycles. The van der Waals surface area contributed by atoms with Gasteiger partial charge in [0.25, 0.3) is 0 Å². The van der Waals surface area contributed by atoms with Crippen LogP contribution >= 0.6 is 15.9 Å². The normalized spacial score (nSPS) is 15.1. The molecule has 24 heavy (non-hydrogen) atoms. The van der Waals surface area contributed by atoms with Gasteiger partial charge in [0.05, 0.1) is 18.9 Å². The molecule has 0 radical (unpaired) electrons. The Hall–Kier alpha value is -1.75. The van der Waals surface area contributed by atoms with Gasteiger partial charge in [-0.25, -0.2) is 0 Å². The first-order valence-corrected chi connectivity index (χ1v) is 9.17. The van der Waals surface area contributed by atoms with E-state index in [4.69, 9.17) is 9.15 Å². The molecule has 1 fully saturated rings. The Morgan fingerprint density at radius 1 is 1.38 bits per heavy atom. The average molecular weight is 392 g/mol. The number of ether oxygens (including phenoxy) is 1. The van der Waals surface area contributed by atoms with Crippen LogP contribution < -0.4 is 4.74 Å². The molecule has 1 unspecified atom stereocenters. The molecular weight excluding hydrogens is 370 g/mol. The number of halogens is 1. The van der Waals surface area contributed by atoms with Crippen LogP contribution in [-0.2, 0) is 4.79 Å². The highest BCUT2D eigenvalue weighted by molar-refractivity contribution is 9.10. The minimum Gasteiger partial charge on any atom is -0.494 e. The summed E-state index contributed by atoms with van der Waals surface area (Å²) >= 11 is 3.42. The molecule has 0 aliphatic heterocycles. The first-order valence-electron chi connectivity index (χ1n) is 8.38. The Kier molecular flexibility index (Phi) is 5.61. The zero-order chi connectivity index (χ0) is 16.9. The maximum Gasteiger partial charge on any atom is 0.223 e. The summed E-state index contributed by atoms with van der Waals surface area (Å²) in [4.78, 5) is 14.6. The highest BCUT2D eigenvalue weighted by atomic mass is 79.9. The van der Waals surface area contributed by atoms with E-state index in [0.717, 1.165) is 28.8 Å². The molecule has 1 amide bonds. The molecule has 0 spiro atoms. The number of hydrogen-bond acceptors (Lipinski definition) is 3. The minimum atomic E-state index is -0.00834. The number of benzene rings is 1. The number of rotatable bonds is 8. The standard InChI is InChI=1S/C19H22BrNO3/c1-14(18-7-3-12-24-18)21(16-9-10-16)19(22)8-4-11-23-17-6-2-5-15(20)13-17/h2-3,5-7,12-14,16H,4,8-11H2,1H3. The summed E-state index contributed by atoms with van der Waals surface area (Å²) in [6.07, 6.45) is 5.04. The fourth-order valence-corrected chi connectivity index (χ4v) is 3.23. The molecule has 0 bridgehead atoms. The first kappa shape index (κ1) is 17.1. The number of hydrogen-bond donors (Lipinski definition) is 0. The van der Waals surface area contributed by atoms with Crippen molar-refractivity contribution in [2.75, 3.05) is 6.61 Å². The monoisotopic (exact) mass is 391 g/mol. The second-order valence-electron chi connectivity index (χ2n) is 6.13. The van der Waals surface area contributed by atoms with E-state index < -0.39 is 0 Å². The predicted octanol–water partition coefficient (Wildman–Crippen LogP) is 4.95. The summed E-state index contributed by atoms with van der Waals surface area (Å²) in [5.41, 5.74) is 0. The van der Waals surface area contributed by atoms with Gasteiger partial charge in [-0.1, -0.05) is 22.0 Å². The topological polar surface area (TPSA) is 42.7 Å². The zero-order valence-electron chi connectivity index (χ0n) is 13.8. The summed E-state index contributed by atoms with van der Waals surface area (Å²) in [5, 5.41) is 0. The van der Waals surface area contributed by atoms with Crippen molar-refractivity contribution in [1.82, 2.24) is 4.90 Å². The van der Waals surface area contributed by atoms with Gasteiger partial charge in [-0.05, 0) is 56.5 Å². The summed E-state index contributed by atoms with van der Waals surface area (Å²) < 4.78 is 12.2. The molecule has 4 nitrogen and oxygen atoms in total. The zero-order valence-corrected chi connectivity index (χ0v) is 15.4. The Labute approximate surface area is 150 Å². The summed E-state index contributed by atoms with van der Waals surface area (Å²) in [6.45, 7) is 2.57. The molecule has 5 heteroatoms. The average Bonchev–Trinajstić information content (AvgIpc) is 3.23. The lowest BCUT2D eigenvalue weighted by Crippen LogP contribution is -2.35. The molecule has 1 aliphatic rings. The lowest BCUT2D eigenvalue weighted by atomic mass is 10.2. The van der Waals surface area contributed by atoms with E-state index in [-0.39, 0.29) is 11.9 Å². The van der Waals surface area contributed by atoms with Crippen LogP contribution in [0.4, 0.5) is 0 Å². The molecule has 1 aromatic carbocycles. The molecule has 128 valence electrons. The second kappa shape index (κ2) is 7.88. The number of carbonyl (C=O) groups is 1. The quantitative estimate of drug-likeness (QED) is 0.597. The van der Waals surface area contributed by atoms with Crippen molar-refractivity contribution >= 4 is 21.8 Å². The molecule has 1 heterocycles. The van der Waals surface area contributed by atoms with Crippen molar-refractivity contribution in [3.8, 4) is 5.75 Å². The first-order chi connectivity index (χ1) is 11.6. The van der Waals surface area contributed by atoms with Crippen LogP contribution in [0.5, 0.6) is 5.75 Å². The molecular formula is C19H22BrNO3. The number of carbonyl (C=O) groups excluding carboxylic acids is 1. The van der Waals surface area contributed by atoms with Crippen molar-refractivity contribution in [3.05, 3.63) is 52.9 Å². The highest BCUT2D eigenvalue weighted by Crippen LogP contribution is 2.35. The molecule has 2 aromatic rings. The molecule has 0 N–H and O–H groups in total. The number of furan rings is 1. The van der Waals surface area contributed by atoms with Gasteiger partial charge in [0.2, 0.25) is 5.91 Å². The Bertz CT molecular complexity index is 667. The van der Waals surface area contributed by atoms with Crippen molar-refractivity contribution in [2.45, 2.75) is 44.7 Å². The fraction of sp³-hybridized carbons (Fsp3) is 0.421. The van der Waals surface area contributed by atoms with Gasteiger partial charge in [0.1, 0.15) is 11.5 Å². The third-order valence-corrected chi connectivity index (χ3v) is 4.69. The van der Waals surface area contributed by atoms with Crippen LogP contribution in [0.3, 0.4) is 0 Å². The third kappa shape index (κ3) is 4.41. The Morgan fingerprint density at radius 3 is 2.88 bits per heavy atom. The van der Waals surface area contributed by atoms with E-state index in [2.05, 4.69) is 15.9 Å². The van der Waals surface area contributed by atoms with Crippen LogP contribution in [0.25, 0.3) is 0 Å². The second-order valence-corrected chi connectivity index (χ2v) is 7.05. The van der Waals surface area contributed by atoms with Crippen LogP contribution in [0.2, 0.25) is 0 Å². The van der Waals surface area contributed by atoms with Gasteiger partial charge in [0.15, 0.2) is 0 Å². The van der Waals surface area contributed by atoms with E-state index in [9.17, 15) is 4.79 Å². The lowest BCUT2D eigenvalue weighted by Gasteiger charge is -2.28. The van der Waals surface area contributed by atoms with Crippen LogP contribution in [0.1, 0.15) is 44.4 Å². The Morgan fingerprint density at radius 2 is 2.21 bits per heavy atom. The van der Waals surface area contributed by atoms with Crippen molar-refractivity contribution in [1.29, 1.82) is 0 Å². The van der Waals surface area contributed by atoms with Gasteiger partial charge in [-0.2, -0.15) is 0 Å². The largest absolute Gasteiger partial charge is 0.494 e. The lowest BCUT2D eigenvalue weighted by molar-refractivity contribution is -0.134. The van der Waals surface area contributed by atoms with E-state index in [1.165, 1.54) is 0 Å². The third-order valence-electron chi connectivity index (χ3n) is 4.20. The molecule has 3 rings (SSSR count). The van der Waals surface area contributed by atoms with E-state index >= 15 is 0 Å². The van der Waals surface area contributed by atoms with Crippen LogP contribution in [-0.4, -0.2) is 23.5 Å². The number of amides is 1. The molecule has 1 saturated carbocycles. The van der Waals surface area contributed by atoms with Crippen LogP contribution in [0.15, 0.2) is 51.6 Å². The molecule has 1 aliphatic carbocycles. The van der Waals surface area contributed by atoms with Gasteiger partial charge >= 0.3 is 0 Å². The van der Waals surface area contributed by atoms with Gasteiger partial charge in [-0.15, -0.1) is 0 Å². The van der Waals surface area contributed by atoms with Crippen LogP contribution in [0, 0.1) is 0 Å². The van der Waals surface area contributed by atoms with E-state index in [0.29, 0.717) is 25.5 Å². The summed E-state index contributed by atoms with van der Waals surface area (Å²) in [7, 11) is 0. The maximum absolute atomic E-state index is 12.6. The minimum absolute atomic E-state index is 0.00834. The van der Waals surface area contributed by atoms with Gasteiger partial charge in [-0.3, -0.25) is 4.79 Å². The smallest absolute Gasteiger partial charge is 0.223 e. The highest BCUT2D eigenvalue weighted by Gasteiger charge is 2.36. The summed E-state index contributed by atoms with van der Waals surface area (Å²) in [6, 6.07) is 11.9. The van der Waals surface area contributed by atoms with E-state index in [1.807, 2.05) is 48.2 Å².